The number of nitrogens with zero attached hydrogens (tertiary/aromatic N) is 2. The molecule has 1 N–H and O–H groups in total. The van der Waals surface area contributed by atoms with Crippen molar-refractivity contribution in [3.63, 3.8) is 0 Å². The van der Waals surface area contributed by atoms with Crippen LogP contribution in [-0.4, -0.2) is 40.4 Å². The molecule has 0 radical (unpaired) electrons. The average molecular weight is 354 g/mol. The Labute approximate surface area is 130 Å². The van der Waals surface area contributed by atoms with E-state index < -0.39 is 0 Å². The molecule has 20 heavy (non-hydrogen) atoms. The van der Waals surface area contributed by atoms with Crippen LogP contribution in [0.5, 0.6) is 0 Å². The van der Waals surface area contributed by atoms with E-state index in [0.717, 1.165) is 33.2 Å². The number of fused-ring (bicyclic) bond motifs is 1. The molecule has 0 spiro atoms. The lowest BCUT2D eigenvalue weighted by atomic mass is 10.1. The molecule has 4 nitrogen and oxygen atoms in total. The molecule has 1 aromatic carbocycles. The number of nitrogens with one attached hydrogen (secondary N) is 1. The zero-order chi connectivity index (χ0) is 14.3. The van der Waals surface area contributed by atoms with Crippen LogP contribution < -0.4 is 5.32 Å². The van der Waals surface area contributed by atoms with E-state index in [1.165, 1.54) is 11.5 Å². The summed E-state index contributed by atoms with van der Waals surface area (Å²) in [7, 11) is 0. The molecule has 0 saturated carbocycles. The van der Waals surface area contributed by atoms with Crippen molar-refractivity contribution in [1.82, 2.24) is 14.6 Å². The zero-order valence-electron chi connectivity index (χ0n) is 11.4. The largest absolute Gasteiger partial charge is 0.336 e. The van der Waals surface area contributed by atoms with Crippen LogP contribution in [0.2, 0.25) is 0 Å². The molecule has 2 heterocycles. The summed E-state index contributed by atoms with van der Waals surface area (Å²) in [6.45, 7) is 5.71. The van der Waals surface area contributed by atoms with E-state index in [2.05, 4.69) is 39.5 Å². The number of rotatable bonds is 1. The van der Waals surface area contributed by atoms with Gasteiger partial charge in [0, 0.05) is 41.2 Å². The molecule has 3 rings (SSSR count). The van der Waals surface area contributed by atoms with Gasteiger partial charge in [0.15, 0.2) is 0 Å². The Kier molecular flexibility index (Phi) is 3.79. The van der Waals surface area contributed by atoms with Gasteiger partial charge in [-0.1, -0.05) is 15.9 Å². The number of piperazine rings is 1. The topological polar surface area (TPSA) is 45.2 Å². The first-order valence-corrected chi connectivity index (χ1v) is 8.20. The number of aromatic nitrogens is 1. The smallest absolute Gasteiger partial charge is 0.255 e. The Morgan fingerprint density at radius 1 is 1.40 bits per heavy atom. The Hall–Kier alpha value is -0.980. The third-order valence-corrected chi connectivity index (χ3v) is 4.80. The van der Waals surface area contributed by atoms with Crippen LogP contribution in [0, 0.1) is 0 Å². The number of hydrogen-bond acceptors (Lipinski definition) is 4. The fourth-order valence-electron chi connectivity index (χ4n) is 2.77. The minimum Gasteiger partial charge on any atom is -0.336 e. The number of benzene rings is 1. The molecule has 2 atom stereocenters. The van der Waals surface area contributed by atoms with Crippen molar-refractivity contribution in [3.8, 4) is 0 Å². The Morgan fingerprint density at radius 2 is 2.10 bits per heavy atom. The van der Waals surface area contributed by atoms with Crippen LogP contribution in [0.15, 0.2) is 22.8 Å². The second-order valence-electron chi connectivity index (χ2n) is 5.38. The van der Waals surface area contributed by atoms with Gasteiger partial charge in [0.25, 0.3) is 5.91 Å². The van der Waals surface area contributed by atoms with Gasteiger partial charge in [0.1, 0.15) is 0 Å². The highest BCUT2D eigenvalue weighted by Crippen LogP contribution is 2.28. The fraction of sp³-hybridized carbons (Fsp3) is 0.429. The summed E-state index contributed by atoms with van der Waals surface area (Å²) in [5.74, 6) is 0.0979. The van der Waals surface area contributed by atoms with E-state index in [1.807, 2.05) is 23.2 Å². The Balaban J connectivity index is 1.98. The van der Waals surface area contributed by atoms with Gasteiger partial charge in [-0.25, -0.2) is 0 Å². The van der Waals surface area contributed by atoms with Crippen LogP contribution in [0.4, 0.5) is 0 Å². The predicted octanol–water partition coefficient (Wildman–Crippen LogP) is 2.88. The number of carbonyl (C=O) groups excluding carboxylic acids is 1. The Bertz CT molecular complexity index is 647. The molecule has 106 valence electrons. The SMILES string of the molecule is C[C@@H]1CN(C(=O)c2cc(Br)cc3cnsc23)C[C@H](C)N1. The number of hydrogen-bond donors (Lipinski definition) is 1. The highest BCUT2D eigenvalue weighted by Gasteiger charge is 2.27. The summed E-state index contributed by atoms with van der Waals surface area (Å²) >= 11 is 4.86. The first kappa shape index (κ1) is 14.0. The van der Waals surface area contributed by atoms with E-state index in [-0.39, 0.29) is 5.91 Å². The minimum absolute atomic E-state index is 0.0979. The summed E-state index contributed by atoms with van der Waals surface area (Å²) in [5.41, 5.74) is 0.748. The van der Waals surface area contributed by atoms with E-state index in [4.69, 9.17) is 0 Å². The van der Waals surface area contributed by atoms with Crippen molar-refractivity contribution in [2.45, 2.75) is 25.9 Å². The molecule has 1 aliphatic heterocycles. The van der Waals surface area contributed by atoms with Crippen molar-refractivity contribution in [3.05, 3.63) is 28.4 Å². The molecule has 1 aromatic heterocycles. The van der Waals surface area contributed by atoms with Crippen molar-refractivity contribution >= 4 is 43.5 Å². The van der Waals surface area contributed by atoms with Crippen LogP contribution in [0.1, 0.15) is 24.2 Å². The second kappa shape index (κ2) is 5.42. The van der Waals surface area contributed by atoms with Gasteiger partial charge in [-0.05, 0) is 37.5 Å². The van der Waals surface area contributed by atoms with E-state index in [0.29, 0.717) is 12.1 Å². The maximum Gasteiger partial charge on any atom is 0.255 e. The maximum absolute atomic E-state index is 12.8. The van der Waals surface area contributed by atoms with Gasteiger partial charge in [-0.2, -0.15) is 4.37 Å². The summed E-state index contributed by atoms with van der Waals surface area (Å²) in [5, 5.41) is 4.46. The zero-order valence-corrected chi connectivity index (χ0v) is 13.8. The molecule has 0 bridgehead atoms. The average Bonchev–Trinajstić information content (AvgIpc) is 2.83. The molecule has 0 aliphatic carbocycles. The third-order valence-electron chi connectivity index (χ3n) is 3.49. The van der Waals surface area contributed by atoms with Gasteiger partial charge >= 0.3 is 0 Å². The highest BCUT2D eigenvalue weighted by atomic mass is 79.9. The lowest BCUT2D eigenvalue weighted by molar-refractivity contribution is 0.0676. The summed E-state index contributed by atoms with van der Waals surface area (Å²) < 4.78 is 6.09. The lowest BCUT2D eigenvalue weighted by Crippen LogP contribution is -2.55. The minimum atomic E-state index is 0.0979. The van der Waals surface area contributed by atoms with Crippen molar-refractivity contribution in [2.75, 3.05) is 13.1 Å². The fourth-order valence-corrected chi connectivity index (χ4v) is 3.98. The Morgan fingerprint density at radius 3 is 2.80 bits per heavy atom. The number of amides is 1. The van der Waals surface area contributed by atoms with E-state index >= 15 is 0 Å². The van der Waals surface area contributed by atoms with Crippen LogP contribution in [0.25, 0.3) is 10.1 Å². The molecule has 6 heteroatoms. The van der Waals surface area contributed by atoms with E-state index in [1.54, 1.807) is 0 Å². The quantitative estimate of drug-likeness (QED) is 0.857. The third kappa shape index (κ3) is 2.60. The molecule has 1 amide bonds. The van der Waals surface area contributed by atoms with E-state index in [9.17, 15) is 4.79 Å². The predicted molar refractivity (Wildman–Crippen MR) is 85.3 cm³/mol. The van der Waals surface area contributed by atoms with Crippen molar-refractivity contribution in [1.29, 1.82) is 0 Å². The van der Waals surface area contributed by atoms with Gasteiger partial charge in [-0.3, -0.25) is 4.79 Å². The molecular formula is C14H16BrN3OS. The lowest BCUT2D eigenvalue weighted by Gasteiger charge is -2.36. The molecular weight excluding hydrogens is 338 g/mol. The summed E-state index contributed by atoms with van der Waals surface area (Å²) in [6, 6.07) is 4.55. The standard InChI is InChI=1S/C14H16BrN3OS/c1-8-6-18(7-9(2)17-8)14(19)12-4-11(15)3-10-5-16-20-13(10)12/h3-5,8-9,17H,6-7H2,1-2H3/t8-,9+. The van der Waals surface area contributed by atoms with Crippen molar-refractivity contribution in [2.24, 2.45) is 0 Å². The second-order valence-corrected chi connectivity index (χ2v) is 7.09. The van der Waals surface area contributed by atoms with Crippen molar-refractivity contribution < 1.29 is 4.79 Å². The summed E-state index contributed by atoms with van der Waals surface area (Å²) in [6.07, 6.45) is 1.81. The summed E-state index contributed by atoms with van der Waals surface area (Å²) in [4.78, 5) is 14.7. The highest BCUT2D eigenvalue weighted by molar-refractivity contribution is 9.10. The number of halogens is 1. The normalized spacial score (nSPS) is 23.2. The number of carbonyl (C=O) groups is 1. The van der Waals surface area contributed by atoms with Crippen LogP contribution >= 0.6 is 27.5 Å². The molecule has 0 unspecified atom stereocenters. The van der Waals surface area contributed by atoms with Gasteiger partial charge in [-0.15, -0.1) is 0 Å². The van der Waals surface area contributed by atoms with Gasteiger partial charge in [0.05, 0.1) is 10.3 Å². The monoisotopic (exact) mass is 353 g/mol. The van der Waals surface area contributed by atoms with Crippen LogP contribution in [0.3, 0.4) is 0 Å². The van der Waals surface area contributed by atoms with Gasteiger partial charge in [0.2, 0.25) is 0 Å². The molecule has 1 aliphatic rings. The molecule has 1 fully saturated rings. The first-order valence-electron chi connectivity index (χ1n) is 6.64. The maximum atomic E-state index is 12.8. The molecule has 2 aromatic rings. The molecule has 1 saturated heterocycles. The first-order chi connectivity index (χ1) is 9.54. The van der Waals surface area contributed by atoms with Crippen LogP contribution in [-0.2, 0) is 0 Å². The van der Waals surface area contributed by atoms with Gasteiger partial charge < -0.3 is 10.2 Å².